The van der Waals surface area contributed by atoms with Crippen LogP contribution in [0.15, 0.2) is 150 Å². The smallest absolute Gasteiger partial charge is 0.347 e. The molecule has 0 saturated heterocycles. The highest BCUT2D eigenvalue weighted by molar-refractivity contribution is 7.99. The molecule has 2 aromatic heterocycles. The summed E-state index contributed by atoms with van der Waals surface area (Å²) in [5, 5.41) is 13.3. The summed E-state index contributed by atoms with van der Waals surface area (Å²) in [4.78, 5) is 50.7. The number of aromatic nitrogens is 2. The van der Waals surface area contributed by atoms with Crippen molar-refractivity contribution in [3.63, 3.8) is 0 Å². The van der Waals surface area contributed by atoms with Gasteiger partial charge in [0.1, 0.15) is 5.75 Å². The highest BCUT2D eigenvalue weighted by atomic mass is 35.5. The Balaban J connectivity index is 0.000000181. The first kappa shape index (κ1) is 48.3. The number of carboxylic acids is 1. The first-order chi connectivity index (χ1) is 30.0. The molecule has 1 amide bonds. The van der Waals surface area contributed by atoms with Gasteiger partial charge in [-0.1, -0.05) is 65.3 Å². The predicted molar refractivity (Wildman–Crippen MR) is 254 cm³/mol. The third-order valence-corrected chi connectivity index (χ3v) is 11.7. The van der Waals surface area contributed by atoms with Crippen LogP contribution in [0.1, 0.15) is 66.0 Å². The number of nitrogens with one attached hydrogen (secondary N) is 1. The van der Waals surface area contributed by atoms with E-state index in [0.717, 1.165) is 35.7 Å². The number of nitrogens with zero attached hydrogens (tertiary/aromatic N) is 4. The van der Waals surface area contributed by atoms with Gasteiger partial charge >= 0.3 is 5.97 Å². The number of anilines is 2. The van der Waals surface area contributed by atoms with E-state index >= 15 is 0 Å². The molecule has 7 rings (SSSR count). The summed E-state index contributed by atoms with van der Waals surface area (Å²) in [7, 11) is 4.23. The van der Waals surface area contributed by atoms with Crippen molar-refractivity contribution in [3.8, 4) is 5.75 Å². The third-order valence-electron chi connectivity index (χ3n) is 10.1. The van der Waals surface area contributed by atoms with Gasteiger partial charge in [0.15, 0.2) is 11.4 Å². The SMILES string of the molecule is CC(C)(C(=O)c1cccnc1)c1cccnc1.CC(C)(Oc1ccc(CCNC(=O)c2ccc(Cl)cc2)cc1)C(=O)O.CN(C)CCCN1c2ccccc2Sc2ccc(Cl)cc21. The van der Waals surface area contributed by atoms with Crippen LogP contribution < -0.4 is 15.0 Å². The quantitative estimate of drug-likeness (QED) is 0.102. The van der Waals surface area contributed by atoms with Gasteiger partial charge in [0.2, 0.25) is 0 Å². The van der Waals surface area contributed by atoms with Crippen molar-refractivity contribution in [2.75, 3.05) is 38.6 Å². The standard InChI is InChI=1S/C19H20ClNO4.C17H19ClN2S.C14H14N2O/c1-19(2,18(23)24)25-16-9-3-13(4-10-16)11-12-21-17(22)14-5-7-15(20)8-6-14;1-19(2)10-5-11-20-14-6-3-4-7-16(14)21-17-9-8-13(18)12-15(17)20;1-14(2,12-6-4-8-16-10-12)13(17)11-5-3-7-15-9-11/h3-10H,11-12H2,1-2H3,(H,21,22)(H,23,24);3-4,6-9,12H,5,10-11H2,1-2H3;3-10H,1-2H3. The van der Waals surface area contributed by atoms with Crippen molar-refractivity contribution < 1.29 is 24.2 Å². The zero-order valence-electron chi connectivity index (χ0n) is 36.3. The van der Waals surface area contributed by atoms with Crippen LogP contribution in [0.4, 0.5) is 11.4 Å². The van der Waals surface area contributed by atoms with Crippen LogP contribution >= 0.6 is 35.0 Å². The maximum absolute atomic E-state index is 12.4. The van der Waals surface area contributed by atoms with Crippen molar-refractivity contribution in [2.45, 2.75) is 61.3 Å². The van der Waals surface area contributed by atoms with Gasteiger partial charge in [0.25, 0.3) is 5.91 Å². The third kappa shape index (κ3) is 13.9. The lowest BCUT2D eigenvalue weighted by atomic mass is 9.79. The molecule has 4 aromatic carbocycles. The maximum atomic E-state index is 12.4. The summed E-state index contributed by atoms with van der Waals surface area (Å²) in [6.45, 7) is 9.37. The second kappa shape index (κ2) is 22.6. The van der Waals surface area contributed by atoms with Crippen molar-refractivity contribution >= 4 is 64.0 Å². The van der Waals surface area contributed by atoms with Gasteiger partial charge in [0, 0.05) is 68.8 Å². The molecule has 328 valence electrons. The maximum Gasteiger partial charge on any atom is 0.347 e. The van der Waals surface area contributed by atoms with Gasteiger partial charge in [-0.25, -0.2) is 4.79 Å². The summed E-state index contributed by atoms with van der Waals surface area (Å²) in [5.74, 6) is -0.638. The van der Waals surface area contributed by atoms with Gasteiger partial charge in [-0.3, -0.25) is 19.6 Å². The normalized spacial score (nSPS) is 11.8. The van der Waals surface area contributed by atoms with E-state index in [9.17, 15) is 14.4 Å². The number of carbonyl (C=O) groups is 3. The van der Waals surface area contributed by atoms with Crippen molar-refractivity contribution in [2.24, 2.45) is 0 Å². The van der Waals surface area contributed by atoms with E-state index in [-0.39, 0.29) is 11.7 Å². The molecule has 3 heterocycles. The first-order valence-corrected chi connectivity index (χ1v) is 22.0. The minimum Gasteiger partial charge on any atom is -0.478 e. The number of amides is 1. The number of benzene rings is 4. The molecule has 1 aliphatic rings. The zero-order valence-corrected chi connectivity index (χ0v) is 38.7. The Morgan fingerprint density at radius 1 is 0.762 bits per heavy atom. The molecule has 0 atom stereocenters. The molecule has 10 nitrogen and oxygen atoms in total. The van der Waals surface area contributed by atoms with Crippen LogP contribution in [0.5, 0.6) is 5.75 Å². The van der Waals surface area contributed by atoms with Gasteiger partial charge in [-0.05, 0) is 157 Å². The summed E-state index contributed by atoms with van der Waals surface area (Å²) >= 11 is 13.8. The van der Waals surface area contributed by atoms with Crippen LogP contribution in [-0.2, 0) is 16.6 Å². The van der Waals surface area contributed by atoms with Crippen molar-refractivity contribution in [1.29, 1.82) is 0 Å². The Morgan fingerprint density at radius 3 is 2.05 bits per heavy atom. The fraction of sp³-hybridized carbons (Fsp3) is 0.260. The highest BCUT2D eigenvalue weighted by Crippen LogP contribution is 2.48. The number of ether oxygens (including phenoxy) is 1. The van der Waals surface area contributed by atoms with Gasteiger partial charge in [0.05, 0.1) is 16.8 Å². The Morgan fingerprint density at radius 2 is 1.41 bits per heavy atom. The zero-order chi connectivity index (χ0) is 45.6. The number of halogens is 2. The van der Waals surface area contributed by atoms with Gasteiger partial charge < -0.3 is 25.0 Å². The number of carboxylic acid groups (broad SMARTS) is 1. The fourth-order valence-corrected chi connectivity index (χ4v) is 7.76. The number of rotatable bonds is 14. The van der Waals surface area contributed by atoms with Crippen LogP contribution in [0.25, 0.3) is 0 Å². The minimum atomic E-state index is -1.28. The lowest BCUT2D eigenvalue weighted by molar-refractivity contribution is -0.152. The second-order valence-corrected chi connectivity index (χ2v) is 18.0. The van der Waals surface area contributed by atoms with E-state index in [4.69, 9.17) is 33.0 Å². The minimum absolute atomic E-state index is 0.0543. The first-order valence-electron chi connectivity index (χ1n) is 20.4. The number of pyridine rings is 2. The molecule has 2 N–H and O–H groups in total. The summed E-state index contributed by atoms with van der Waals surface area (Å²) in [6, 6.07) is 35.9. The van der Waals surface area contributed by atoms with Crippen molar-refractivity contribution in [1.82, 2.24) is 20.2 Å². The van der Waals surface area contributed by atoms with Gasteiger partial charge in [-0.2, -0.15) is 0 Å². The molecule has 0 spiro atoms. The fourth-order valence-electron chi connectivity index (χ4n) is 6.40. The topological polar surface area (TPSA) is 125 Å². The second-order valence-electron chi connectivity index (χ2n) is 16.0. The number of ketones is 1. The molecule has 6 aromatic rings. The molecule has 13 heteroatoms. The average Bonchev–Trinajstić information content (AvgIpc) is 3.27. The Labute approximate surface area is 384 Å². The number of hydrogen-bond acceptors (Lipinski definition) is 9. The van der Waals surface area contributed by atoms with E-state index in [1.54, 1.807) is 73.3 Å². The monoisotopic (exact) mass is 905 g/mol. The van der Waals surface area contributed by atoms with Gasteiger partial charge in [-0.15, -0.1) is 0 Å². The van der Waals surface area contributed by atoms with E-state index < -0.39 is 17.0 Å². The molecular formula is C50H53Cl2N5O5S. The Hall–Kier alpha value is -5.72. The number of Topliss-reactive ketones (excluding diaryl/α,β-unsaturated/α-hetero) is 1. The molecule has 63 heavy (non-hydrogen) atoms. The Kier molecular flexibility index (Phi) is 17.3. The molecule has 0 aliphatic carbocycles. The van der Waals surface area contributed by atoms with E-state index in [1.807, 2.05) is 55.9 Å². The molecule has 0 bridgehead atoms. The lowest BCUT2D eigenvalue weighted by Gasteiger charge is -2.33. The van der Waals surface area contributed by atoms with Crippen LogP contribution in [0.2, 0.25) is 10.0 Å². The van der Waals surface area contributed by atoms with Crippen molar-refractivity contribution in [3.05, 3.63) is 172 Å². The van der Waals surface area contributed by atoms with E-state index in [0.29, 0.717) is 34.9 Å². The molecule has 0 unspecified atom stereocenters. The largest absolute Gasteiger partial charge is 0.478 e. The Bertz CT molecular complexity index is 2430. The predicted octanol–water partition coefficient (Wildman–Crippen LogP) is 11.1. The van der Waals surface area contributed by atoms with Crippen LogP contribution in [-0.4, -0.2) is 77.0 Å². The number of para-hydroxylation sites is 1. The van der Waals surface area contributed by atoms with E-state index in [2.05, 4.69) is 75.6 Å². The van der Waals surface area contributed by atoms with Crippen LogP contribution in [0.3, 0.4) is 0 Å². The van der Waals surface area contributed by atoms with E-state index in [1.165, 1.54) is 35.0 Å². The van der Waals surface area contributed by atoms with Crippen LogP contribution in [0, 0.1) is 0 Å². The molecule has 0 fully saturated rings. The number of aliphatic carboxylic acids is 1. The molecule has 0 saturated carbocycles. The molecule has 0 radical (unpaired) electrons. The summed E-state index contributed by atoms with van der Waals surface area (Å²) in [6.07, 6.45) is 8.47. The number of hydrogen-bond donors (Lipinski definition) is 2. The molecular weight excluding hydrogens is 854 g/mol. The number of carbonyl (C=O) groups excluding carboxylic acids is 2. The highest BCUT2D eigenvalue weighted by Gasteiger charge is 2.31. The number of fused-ring (bicyclic) bond motifs is 2. The average molecular weight is 907 g/mol. The summed E-state index contributed by atoms with van der Waals surface area (Å²) < 4.78 is 5.45. The summed E-state index contributed by atoms with van der Waals surface area (Å²) in [5.41, 5.74) is 3.75. The molecule has 1 aliphatic heterocycles. The lowest BCUT2D eigenvalue weighted by Crippen LogP contribution is -2.37.